The summed E-state index contributed by atoms with van der Waals surface area (Å²) in [6.45, 7) is 4.27. The third-order valence-electron chi connectivity index (χ3n) is 3.98. The lowest BCUT2D eigenvalue weighted by Crippen LogP contribution is -2.39. The number of aromatic nitrogens is 2. The van der Waals surface area contributed by atoms with E-state index in [1.807, 2.05) is 42.2 Å². The van der Waals surface area contributed by atoms with Crippen LogP contribution in [0.15, 0.2) is 42.7 Å². The van der Waals surface area contributed by atoms with Gasteiger partial charge < -0.3 is 9.80 Å². The molecule has 6 nitrogen and oxygen atoms in total. The first-order valence-electron chi connectivity index (χ1n) is 7.80. The van der Waals surface area contributed by atoms with Gasteiger partial charge in [-0.05, 0) is 31.0 Å². The van der Waals surface area contributed by atoms with Crippen LogP contribution in [0, 0.1) is 6.92 Å². The third kappa shape index (κ3) is 3.41. The quantitative estimate of drug-likeness (QED) is 0.809. The maximum absolute atomic E-state index is 12.5. The lowest BCUT2D eigenvalue weighted by atomic mass is 10.2. The highest BCUT2D eigenvalue weighted by molar-refractivity contribution is 5.94. The molecule has 3 rings (SSSR count). The molecule has 2 heterocycles. The summed E-state index contributed by atoms with van der Waals surface area (Å²) in [5.74, 6) is 0.0230. The lowest BCUT2D eigenvalue weighted by Gasteiger charge is -2.22. The van der Waals surface area contributed by atoms with Crippen LogP contribution in [0.5, 0.6) is 0 Å². The van der Waals surface area contributed by atoms with Gasteiger partial charge in [0.15, 0.2) is 0 Å². The molecule has 23 heavy (non-hydrogen) atoms. The molecule has 1 aromatic carbocycles. The predicted octanol–water partition coefficient (Wildman–Crippen LogP) is 2.01. The highest BCUT2D eigenvalue weighted by atomic mass is 16.2. The Morgan fingerprint density at radius 3 is 2.39 bits per heavy atom. The van der Waals surface area contributed by atoms with Crippen molar-refractivity contribution in [2.24, 2.45) is 0 Å². The maximum atomic E-state index is 12.5. The number of carbonyl (C=O) groups excluding carboxylic acids is 2. The second-order valence-electron chi connectivity index (χ2n) is 5.74. The number of hydrogen-bond donors (Lipinski definition) is 0. The van der Waals surface area contributed by atoms with Crippen molar-refractivity contribution in [3.8, 4) is 0 Å². The molecule has 1 aliphatic heterocycles. The van der Waals surface area contributed by atoms with E-state index in [0.29, 0.717) is 31.7 Å². The number of hydrogen-bond acceptors (Lipinski definition) is 3. The maximum Gasteiger partial charge on any atom is 0.344 e. The summed E-state index contributed by atoms with van der Waals surface area (Å²) >= 11 is 0. The Balaban J connectivity index is 1.65. The number of benzene rings is 1. The zero-order valence-electron chi connectivity index (χ0n) is 13.2. The van der Waals surface area contributed by atoms with Gasteiger partial charge in [0.25, 0.3) is 5.91 Å². The zero-order valence-corrected chi connectivity index (χ0v) is 13.2. The second-order valence-corrected chi connectivity index (χ2v) is 5.74. The fraction of sp³-hybridized carbons (Fsp3) is 0.353. The average Bonchev–Trinajstić information content (AvgIpc) is 2.87. The Morgan fingerprint density at radius 1 is 1.00 bits per heavy atom. The molecule has 1 fully saturated rings. The summed E-state index contributed by atoms with van der Waals surface area (Å²) in [7, 11) is 0. The summed E-state index contributed by atoms with van der Waals surface area (Å²) < 4.78 is 1.37. The van der Waals surface area contributed by atoms with Crippen molar-refractivity contribution >= 4 is 11.9 Å². The fourth-order valence-electron chi connectivity index (χ4n) is 2.74. The molecule has 1 aromatic heterocycles. The molecular weight excluding hydrogens is 292 g/mol. The van der Waals surface area contributed by atoms with E-state index >= 15 is 0 Å². The number of nitrogens with zero attached hydrogens (tertiary/aromatic N) is 4. The first-order chi connectivity index (χ1) is 11.1. The van der Waals surface area contributed by atoms with Gasteiger partial charge in [0.2, 0.25) is 0 Å². The van der Waals surface area contributed by atoms with E-state index in [2.05, 4.69) is 5.10 Å². The van der Waals surface area contributed by atoms with Gasteiger partial charge in [-0.25, -0.2) is 4.79 Å². The minimum Gasteiger partial charge on any atom is -0.337 e. The largest absolute Gasteiger partial charge is 0.344 e. The number of aryl methyl sites for hydroxylation is 1. The second kappa shape index (κ2) is 6.64. The number of rotatable bonds is 1. The first kappa shape index (κ1) is 15.3. The standard InChI is InChI=1S/C17H20N4O2/c1-14-12-18-21(13-14)17(23)20-9-5-8-19(10-11-20)16(22)15-6-3-2-4-7-15/h2-4,6-7,12-13H,5,8-11H2,1H3. The van der Waals surface area contributed by atoms with Crippen molar-refractivity contribution in [1.82, 2.24) is 19.6 Å². The molecule has 0 atom stereocenters. The number of amides is 2. The molecule has 6 heteroatoms. The third-order valence-corrected chi connectivity index (χ3v) is 3.98. The van der Waals surface area contributed by atoms with Crippen LogP contribution in [0.4, 0.5) is 4.79 Å². The van der Waals surface area contributed by atoms with Gasteiger partial charge >= 0.3 is 6.03 Å². The molecule has 120 valence electrons. The molecule has 0 radical (unpaired) electrons. The van der Waals surface area contributed by atoms with Crippen LogP contribution >= 0.6 is 0 Å². The minimum absolute atomic E-state index is 0.0230. The van der Waals surface area contributed by atoms with Crippen molar-refractivity contribution in [2.45, 2.75) is 13.3 Å². The highest BCUT2D eigenvalue weighted by Crippen LogP contribution is 2.10. The molecule has 2 aromatic rings. The molecule has 0 unspecified atom stereocenters. The van der Waals surface area contributed by atoms with Crippen molar-refractivity contribution in [2.75, 3.05) is 26.2 Å². The van der Waals surface area contributed by atoms with Crippen molar-refractivity contribution < 1.29 is 9.59 Å². The summed E-state index contributed by atoms with van der Waals surface area (Å²) in [5.41, 5.74) is 1.64. The normalized spacial score (nSPS) is 15.3. The Kier molecular flexibility index (Phi) is 4.41. The van der Waals surface area contributed by atoms with Crippen molar-refractivity contribution in [3.63, 3.8) is 0 Å². The monoisotopic (exact) mass is 312 g/mol. The van der Waals surface area contributed by atoms with Gasteiger partial charge in [-0.15, -0.1) is 0 Å². The van der Waals surface area contributed by atoms with E-state index in [0.717, 1.165) is 12.0 Å². The summed E-state index contributed by atoms with van der Waals surface area (Å²) in [6.07, 6.45) is 4.16. The van der Waals surface area contributed by atoms with Crippen LogP contribution in [-0.4, -0.2) is 57.7 Å². The SMILES string of the molecule is Cc1cnn(C(=O)N2CCCN(C(=O)c3ccccc3)CC2)c1. The van der Waals surface area contributed by atoms with Crippen molar-refractivity contribution in [3.05, 3.63) is 53.9 Å². The fourth-order valence-corrected chi connectivity index (χ4v) is 2.74. The Bertz CT molecular complexity index is 696. The molecule has 1 aliphatic rings. The van der Waals surface area contributed by atoms with Crippen molar-refractivity contribution in [1.29, 1.82) is 0 Å². The topological polar surface area (TPSA) is 58.4 Å². The van der Waals surface area contributed by atoms with Crippen LogP contribution in [-0.2, 0) is 0 Å². The Hall–Kier alpha value is -2.63. The van der Waals surface area contributed by atoms with Gasteiger partial charge in [0.1, 0.15) is 0 Å². The van der Waals surface area contributed by atoms with Gasteiger partial charge in [0, 0.05) is 37.9 Å². The highest BCUT2D eigenvalue weighted by Gasteiger charge is 2.23. The van der Waals surface area contributed by atoms with Crippen LogP contribution in [0.3, 0.4) is 0 Å². The summed E-state index contributed by atoms with van der Waals surface area (Å²) in [4.78, 5) is 28.5. The average molecular weight is 312 g/mol. The first-order valence-corrected chi connectivity index (χ1v) is 7.80. The van der Waals surface area contributed by atoms with Gasteiger partial charge in [-0.2, -0.15) is 9.78 Å². The predicted molar refractivity (Wildman–Crippen MR) is 86.3 cm³/mol. The van der Waals surface area contributed by atoms with E-state index < -0.39 is 0 Å². The molecule has 2 amide bonds. The smallest absolute Gasteiger partial charge is 0.337 e. The molecule has 0 spiro atoms. The molecule has 0 bridgehead atoms. The van der Waals surface area contributed by atoms with Crippen LogP contribution in [0.2, 0.25) is 0 Å². The van der Waals surface area contributed by atoms with E-state index in [1.165, 1.54) is 4.68 Å². The molecule has 0 N–H and O–H groups in total. The van der Waals surface area contributed by atoms with E-state index in [4.69, 9.17) is 0 Å². The van der Waals surface area contributed by atoms with E-state index in [1.54, 1.807) is 17.3 Å². The van der Waals surface area contributed by atoms with Crippen LogP contribution < -0.4 is 0 Å². The van der Waals surface area contributed by atoms with Gasteiger partial charge in [0.05, 0.1) is 6.20 Å². The van der Waals surface area contributed by atoms with Gasteiger partial charge in [-0.3, -0.25) is 4.79 Å². The van der Waals surface area contributed by atoms with E-state index in [-0.39, 0.29) is 11.9 Å². The summed E-state index contributed by atoms with van der Waals surface area (Å²) in [5, 5.41) is 4.07. The number of carbonyl (C=O) groups is 2. The molecule has 1 saturated heterocycles. The van der Waals surface area contributed by atoms with Crippen LogP contribution in [0.1, 0.15) is 22.3 Å². The molecule has 0 saturated carbocycles. The molecular formula is C17H20N4O2. The van der Waals surface area contributed by atoms with Crippen LogP contribution in [0.25, 0.3) is 0 Å². The van der Waals surface area contributed by atoms with E-state index in [9.17, 15) is 9.59 Å². The Morgan fingerprint density at radius 2 is 1.70 bits per heavy atom. The molecule has 0 aliphatic carbocycles. The lowest BCUT2D eigenvalue weighted by molar-refractivity contribution is 0.0762. The zero-order chi connectivity index (χ0) is 16.2. The van der Waals surface area contributed by atoms with Gasteiger partial charge in [-0.1, -0.05) is 18.2 Å². The Labute approximate surface area is 135 Å². The summed E-state index contributed by atoms with van der Waals surface area (Å²) in [6, 6.07) is 9.13. The minimum atomic E-state index is -0.132.